The van der Waals surface area contributed by atoms with Crippen molar-refractivity contribution in [3.63, 3.8) is 0 Å². The molecule has 0 unspecified atom stereocenters. The van der Waals surface area contributed by atoms with Gasteiger partial charge in [0.1, 0.15) is 5.56 Å². The summed E-state index contributed by atoms with van der Waals surface area (Å²) in [6, 6.07) is 4.88. The summed E-state index contributed by atoms with van der Waals surface area (Å²) < 4.78 is 83.9. The topological polar surface area (TPSA) is 50.9 Å². The third kappa shape index (κ3) is 5.28. The Morgan fingerprint density at radius 3 is 2.00 bits per heavy atom. The van der Waals surface area contributed by atoms with Gasteiger partial charge in [-0.1, -0.05) is 0 Å². The van der Waals surface area contributed by atoms with E-state index < -0.39 is 29.4 Å². The monoisotopic (exact) mass is 355 g/mol. The summed E-state index contributed by atoms with van der Waals surface area (Å²) in [4.78, 5) is 2.86. The molecule has 10 heteroatoms. The van der Waals surface area contributed by atoms with Crippen molar-refractivity contribution in [3.05, 3.63) is 53.6 Å². The summed E-state index contributed by atoms with van der Waals surface area (Å²) in [6.07, 6.45) is -8.02. The first-order chi connectivity index (χ1) is 11.0. The van der Waals surface area contributed by atoms with Gasteiger partial charge in [-0.3, -0.25) is 0 Å². The molecule has 0 spiro atoms. The molecule has 0 atom stereocenters. The van der Waals surface area contributed by atoms with Crippen LogP contribution in [0.5, 0.6) is 0 Å². The van der Waals surface area contributed by atoms with Gasteiger partial charge in [0.2, 0.25) is 5.95 Å². The molecule has 0 aliphatic carbocycles. The Hall–Kier alpha value is -2.52. The Morgan fingerprint density at radius 2 is 1.62 bits per heavy atom. The summed E-state index contributed by atoms with van der Waals surface area (Å²) in [5, 5.41) is 2.68. The van der Waals surface area contributed by atoms with Crippen molar-refractivity contribution in [1.29, 1.82) is 0 Å². The van der Waals surface area contributed by atoms with E-state index >= 15 is 0 Å². The average Bonchev–Trinajstić information content (AvgIpc) is 2.46. The Labute approximate surface area is 132 Å². The molecule has 0 fully saturated rings. The minimum absolute atomic E-state index is 0.0947. The molecule has 3 N–H and O–H groups in total. The average molecular weight is 355 g/mol. The first-order valence-corrected chi connectivity index (χ1v) is 6.29. The van der Waals surface area contributed by atoms with Gasteiger partial charge in [-0.2, -0.15) is 30.7 Å². The zero-order valence-corrected chi connectivity index (χ0v) is 12.1. The van der Waals surface area contributed by atoms with Gasteiger partial charge in [-0.25, -0.2) is 4.98 Å². The quantitative estimate of drug-likeness (QED) is 0.448. The van der Waals surface area contributed by atoms with Gasteiger partial charge in [0.05, 0.1) is 16.9 Å². The zero-order valence-electron chi connectivity index (χ0n) is 12.1. The lowest BCUT2D eigenvalue weighted by Gasteiger charge is -2.09. The highest BCUT2D eigenvalue weighted by Crippen LogP contribution is 2.32. The summed E-state index contributed by atoms with van der Waals surface area (Å²) in [7, 11) is 1.60. The SMILES string of the molecule is CNc1ccc(C(F)(F)F)cc1N.Fc1ncccc1C(F)(F)F. The summed E-state index contributed by atoms with van der Waals surface area (Å²) in [6.45, 7) is 0. The smallest absolute Gasteiger partial charge is 0.397 e. The molecule has 0 bridgehead atoms. The van der Waals surface area contributed by atoms with Crippen molar-refractivity contribution in [3.8, 4) is 0 Å². The molecule has 0 amide bonds. The van der Waals surface area contributed by atoms with Gasteiger partial charge in [0, 0.05) is 13.2 Å². The van der Waals surface area contributed by atoms with Crippen LogP contribution in [0.15, 0.2) is 36.5 Å². The molecule has 132 valence electrons. The van der Waals surface area contributed by atoms with Crippen LogP contribution in [0, 0.1) is 5.95 Å². The normalized spacial score (nSPS) is 11.5. The number of nitrogens with zero attached hydrogens (tertiary/aromatic N) is 1. The van der Waals surface area contributed by atoms with Gasteiger partial charge in [-0.15, -0.1) is 0 Å². The minimum Gasteiger partial charge on any atom is -0.397 e. The van der Waals surface area contributed by atoms with E-state index in [1.165, 1.54) is 6.07 Å². The van der Waals surface area contributed by atoms with Crippen LogP contribution in [-0.4, -0.2) is 12.0 Å². The molecular formula is C14H12F7N3. The lowest BCUT2D eigenvalue weighted by Crippen LogP contribution is -2.08. The molecule has 0 saturated heterocycles. The fourth-order valence-corrected chi connectivity index (χ4v) is 1.56. The van der Waals surface area contributed by atoms with Gasteiger partial charge in [0.15, 0.2) is 0 Å². The summed E-state index contributed by atoms with van der Waals surface area (Å²) >= 11 is 0. The number of aromatic nitrogens is 1. The summed E-state index contributed by atoms with van der Waals surface area (Å²) in [5.74, 6) is -1.49. The molecule has 0 aliphatic rings. The maximum Gasteiger partial charge on any atom is 0.420 e. The van der Waals surface area contributed by atoms with Crippen LogP contribution < -0.4 is 11.1 Å². The van der Waals surface area contributed by atoms with Crippen LogP contribution >= 0.6 is 0 Å². The Balaban J connectivity index is 0.000000243. The highest BCUT2D eigenvalue weighted by molar-refractivity contribution is 5.66. The number of benzene rings is 1. The molecule has 3 nitrogen and oxygen atoms in total. The van der Waals surface area contributed by atoms with E-state index in [-0.39, 0.29) is 5.69 Å². The van der Waals surface area contributed by atoms with Crippen molar-refractivity contribution < 1.29 is 30.7 Å². The largest absolute Gasteiger partial charge is 0.420 e. The molecule has 1 aromatic carbocycles. The number of nitrogens with one attached hydrogen (secondary N) is 1. The molecule has 1 heterocycles. The third-order valence-corrected chi connectivity index (χ3v) is 2.71. The molecule has 2 rings (SSSR count). The fraction of sp³-hybridized carbons (Fsp3) is 0.214. The number of hydrogen-bond acceptors (Lipinski definition) is 3. The Bertz CT molecular complexity index is 681. The summed E-state index contributed by atoms with van der Waals surface area (Å²) in [5.41, 5.74) is 3.89. The van der Waals surface area contributed by atoms with E-state index in [1.807, 2.05) is 0 Å². The molecule has 24 heavy (non-hydrogen) atoms. The van der Waals surface area contributed by atoms with Crippen LogP contribution in [-0.2, 0) is 12.4 Å². The van der Waals surface area contributed by atoms with Crippen LogP contribution in [0.1, 0.15) is 11.1 Å². The maximum atomic E-state index is 12.3. The van der Waals surface area contributed by atoms with E-state index in [4.69, 9.17) is 5.73 Å². The lowest BCUT2D eigenvalue weighted by atomic mass is 10.1. The minimum atomic E-state index is -4.65. The lowest BCUT2D eigenvalue weighted by molar-refractivity contribution is -0.140. The van der Waals surface area contributed by atoms with Crippen LogP contribution in [0.4, 0.5) is 42.1 Å². The van der Waals surface area contributed by atoms with Crippen LogP contribution in [0.25, 0.3) is 0 Å². The van der Waals surface area contributed by atoms with E-state index in [0.29, 0.717) is 11.8 Å². The molecule has 0 saturated carbocycles. The van der Waals surface area contributed by atoms with Gasteiger partial charge >= 0.3 is 12.4 Å². The van der Waals surface area contributed by atoms with Gasteiger partial charge in [0.25, 0.3) is 0 Å². The number of anilines is 2. The van der Waals surface area contributed by atoms with Crippen molar-refractivity contribution in [2.24, 2.45) is 0 Å². The number of pyridine rings is 1. The fourth-order valence-electron chi connectivity index (χ4n) is 1.56. The Morgan fingerprint density at radius 1 is 1.00 bits per heavy atom. The highest BCUT2D eigenvalue weighted by atomic mass is 19.4. The number of nitrogens with two attached hydrogens (primary N) is 1. The molecule has 1 aromatic heterocycles. The number of alkyl halides is 6. The second-order valence-electron chi connectivity index (χ2n) is 4.39. The second kappa shape index (κ2) is 7.37. The third-order valence-electron chi connectivity index (χ3n) is 2.71. The maximum absolute atomic E-state index is 12.3. The Kier molecular flexibility index (Phi) is 5.99. The molecular weight excluding hydrogens is 343 g/mol. The van der Waals surface area contributed by atoms with E-state index in [2.05, 4.69) is 10.3 Å². The van der Waals surface area contributed by atoms with Crippen molar-refractivity contribution in [1.82, 2.24) is 4.98 Å². The van der Waals surface area contributed by atoms with Crippen molar-refractivity contribution >= 4 is 11.4 Å². The number of hydrogen-bond donors (Lipinski definition) is 2. The first-order valence-electron chi connectivity index (χ1n) is 6.29. The highest BCUT2D eigenvalue weighted by Gasteiger charge is 2.34. The van der Waals surface area contributed by atoms with Crippen LogP contribution in [0.3, 0.4) is 0 Å². The van der Waals surface area contributed by atoms with Crippen LogP contribution in [0.2, 0.25) is 0 Å². The number of halogens is 7. The van der Waals surface area contributed by atoms with E-state index in [0.717, 1.165) is 24.4 Å². The first kappa shape index (κ1) is 19.5. The molecule has 0 aliphatic heterocycles. The number of nitrogen functional groups attached to an aromatic ring is 1. The zero-order chi connectivity index (χ0) is 18.5. The van der Waals surface area contributed by atoms with Gasteiger partial charge < -0.3 is 11.1 Å². The number of rotatable bonds is 1. The molecule has 2 aromatic rings. The van der Waals surface area contributed by atoms with Gasteiger partial charge in [-0.05, 0) is 30.3 Å². The second-order valence-corrected chi connectivity index (χ2v) is 4.39. The molecule has 0 radical (unpaired) electrons. The standard InChI is InChI=1S/C8H9F3N2.C6H3F4N/c1-13-7-3-2-5(4-6(7)12)8(9,10)11;7-5-4(6(8,9)10)2-1-3-11-5/h2-4,13H,12H2,1H3;1-3H. The van der Waals surface area contributed by atoms with E-state index in [1.54, 1.807) is 7.05 Å². The van der Waals surface area contributed by atoms with E-state index in [9.17, 15) is 30.7 Å². The van der Waals surface area contributed by atoms with Crippen molar-refractivity contribution in [2.75, 3.05) is 18.1 Å². The predicted molar refractivity (Wildman–Crippen MR) is 74.6 cm³/mol. The predicted octanol–water partition coefficient (Wildman–Crippen LogP) is 4.57. The van der Waals surface area contributed by atoms with Crippen molar-refractivity contribution in [2.45, 2.75) is 12.4 Å².